The second kappa shape index (κ2) is 5.73. The predicted molar refractivity (Wildman–Crippen MR) is 78.4 cm³/mol. The van der Waals surface area contributed by atoms with Crippen molar-refractivity contribution in [2.24, 2.45) is 7.05 Å². The molecule has 5 heteroatoms. The monoisotopic (exact) mass is 259 g/mol. The number of hydrogen-bond donors (Lipinski definition) is 2. The van der Waals surface area contributed by atoms with Crippen LogP contribution in [0.25, 0.3) is 0 Å². The fourth-order valence-electron chi connectivity index (χ4n) is 2.06. The Balaban J connectivity index is 2.08. The molecule has 0 aliphatic heterocycles. The van der Waals surface area contributed by atoms with Gasteiger partial charge in [0.15, 0.2) is 0 Å². The molecular formula is C14H21N5. The summed E-state index contributed by atoms with van der Waals surface area (Å²) in [5, 5.41) is 11.0. The van der Waals surface area contributed by atoms with Crippen molar-refractivity contribution in [2.45, 2.75) is 27.3 Å². The minimum atomic E-state index is 0.744. The summed E-state index contributed by atoms with van der Waals surface area (Å²) in [6.07, 6.45) is 0. The summed E-state index contributed by atoms with van der Waals surface area (Å²) in [5.74, 6) is 1.77. The van der Waals surface area contributed by atoms with E-state index in [2.05, 4.69) is 34.6 Å². The molecule has 2 aromatic heterocycles. The largest absolute Gasteiger partial charge is 0.370 e. The van der Waals surface area contributed by atoms with Crippen LogP contribution in [0.1, 0.15) is 23.9 Å². The summed E-state index contributed by atoms with van der Waals surface area (Å²) < 4.78 is 1.91. The van der Waals surface area contributed by atoms with Gasteiger partial charge in [-0.25, -0.2) is 4.98 Å². The lowest BCUT2D eigenvalue weighted by Crippen LogP contribution is -2.05. The van der Waals surface area contributed by atoms with Crippen LogP contribution in [-0.2, 0) is 13.6 Å². The number of nitrogens with zero attached hydrogens (tertiary/aromatic N) is 3. The molecule has 2 aromatic rings. The second-order valence-corrected chi connectivity index (χ2v) is 4.56. The Labute approximate surface area is 114 Å². The Kier molecular flexibility index (Phi) is 4.04. The van der Waals surface area contributed by atoms with Crippen molar-refractivity contribution in [3.8, 4) is 0 Å². The lowest BCUT2D eigenvalue weighted by Gasteiger charge is -2.08. The van der Waals surface area contributed by atoms with Crippen molar-refractivity contribution < 1.29 is 0 Å². The Bertz CT molecular complexity index is 559. The van der Waals surface area contributed by atoms with Crippen molar-refractivity contribution >= 4 is 11.6 Å². The van der Waals surface area contributed by atoms with Gasteiger partial charge in [-0.15, -0.1) is 0 Å². The molecular weight excluding hydrogens is 238 g/mol. The van der Waals surface area contributed by atoms with Crippen LogP contribution in [0.5, 0.6) is 0 Å². The molecule has 0 radical (unpaired) electrons. The molecule has 2 N–H and O–H groups in total. The number of rotatable bonds is 5. The van der Waals surface area contributed by atoms with Crippen molar-refractivity contribution in [3.63, 3.8) is 0 Å². The van der Waals surface area contributed by atoms with Crippen LogP contribution in [0.3, 0.4) is 0 Å². The van der Waals surface area contributed by atoms with Gasteiger partial charge in [-0.05, 0) is 32.9 Å². The summed E-state index contributed by atoms with van der Waals surface area (Å²) in [7, 11) is 1.97. The molecule has 0 amide bonds. The highest BCUT2D eigenvalue weighted by Gasteiger charge is 2.08. The molecule has 0 saturated heterocycles. The zero-order valence-corrected chi connectivity index (χ0v) is 12.0. The highest BCUT2D eigenvalue weighted by atomic mass is 15.3. The molecule has 0 aliphatic carbocycles. The number of hydrogen-bond acceptors (Lipinski definition) is 4. The smallest absolute Gasteiger partial charge is 0.128 e. The molecule has 0 saturated carbocycles. The standard InChI is InChI=1S/C14H21N5/c1-5-15-13-7-6-8-14(17-13)16-9-12-10(2)18-19(4)11(12)3/h6-8H,5,9H2,1-4H3,(H2,15,16,17). The molecule has 19 heavy (non-hydrogen) atoms. The van der Waals surface area contributed by atoms with Crippen molar-refractivity contribution in [3.05, 3.63) is 35.2 Å². The molecule has 0 atom stereocenters. The zero-order chi connectivity index (χ0) is 13.8. The van der Waals surface area contributed by atoms with E-state index in [1.165, 1.54) is 11.3 Å². The first-order valence-corrected chi connectivity index (χ1v) is 6.55. The van der Waals surface area contributed by atoms with Gasteiger partial charge in [0.25, 0.3) is 0 Å². The van der Waals surface area contributed by atoms with Crippen molar-refractivity contribution in [1.82, 2.24) is 14.8 Å². The highest BCUT2D eigenvalue weighted by molar-refractivity contribution is 5.45. The lowest BCUT2D eigenvalue weighted by molar-refractivity contribution is 0.730. The first kappa shape index (κ1) is 13.4. The van der Waals surface area contributed by atoms with Crippen LogP contribution in [0.2, 0.25) is 0 Å². The molecule has 5 nitrogen and oxygen atoms in total. The molecule has 0 aliphatic rings. The summed E-state index contributed by atoms with van der Waals surface area (Å²) in [6, 6.07) is 5.94. The number of anilines is 2. The van der Waals surface area contributed by atoms with Gasteiger partial charge in [-0.3, -0.25) is 4.68 Å². The minimum absolute atomic E-state index is 0.744. The molecule has 102 valence electrons. The van der Waals surface area contributed by atoms with E-state index in [4.69, 9.17) is 0 Å². The molecule has 0 fully saturated rings. The Hall–Kier alpha value is -2.04. The minimum Gasteiger partial charge on any atom is -0.370 e. The Morgan fingerprint density at radius 2 is 1.84 bits per heavy atom. The second-order valence-electron chi connectivity index (χ2n) is 4.56. The van der Waals surface area contributed by atoms with Crippen LogP contribution in [0.15, 0.2) is 18.2 Å². The van der Waals surface area contributed by atoms with Gasteiger partial charge < -0.3 is 10.6 Å². The summed E-state index contributed by atoms with van der Waals surface area (Å²) in [4.78, 5) is 4.49. The average Bonchev–Trinajstić information content (AvgIpc) is 2.62. The Morgan fingerprint density at radius 1 is 1.16 bits per heavy atom. The number of aryl methyl sites for hydroxylation is 2. The van der Waals surface area contributed by atoms with E-state index in [0.29, 0.717) is 0 Å². The van der Waals surface area contributed by atoms with Crippen molar-refractivity contribution in [2.75, 3.05) is 17.2 Å². The summed E-state index contributed by atoms with van der Waals surface area (Å²) >= 11 is 0. The van der Waals surface area contributed by atoms with Crippen molar-refractivity contribution in [1.29, 1.82) is 0 Å². The van der Waals surface area contributed by atoms with Crippen LogP contribution in [0.4, 0.5) is 11.6 Å². The van der Waals surface area contributed by atoms with E-state index >= 15 is 0 Å². The SMILES string of the molecule is CCNc1cccc(NCc2c(C)nn(C)c2C)n1. The first-order valence-electron chi connectivity index (χ1n) is 6.55. The molecule has 0 aromatic carbocycles. The number of aromatic nitrogens is 3. The molecule has 2 rings (SSSR count). The van der Waals surface area contributed by atoms with Gasteiger partial charge in [0.05, 0.1) is 5.69 Å². The number of nitrogens with one attached hydrogen (secondary N) is 2. The highest BCUT2D eigenvalue weighted by Crippen LogP contribution is 2.15. The normalized spacial score (nSPS) is 10.5. The molecule has 0 spiro atoms. The van der Waals surface area contributed by atoms with Crippen LogP contribution < -0.4 is 10.6 Å². The van der Waals surface area contributed by atoms with E-state index in [1.807, 2.05) is 36.9 Å². The summed E-state index contributed by atoms with van der Waals surface area (Å²) in [5.41, 5.74) is 3.49. The van der Waals surface area contributed by atoms with E-state index in [1.54, 1.807) is 0 Å². The maximum absolute atomic E-state index is 4.49. The van der Waals surface area contributed by atoms with E-state index in [9.17, 15) is 0 Å². The molecule has 2 heterocycles. The Morgan fingerprint density at radius 3 is 2.42 bits per heavy atom. The fourth-order valence-corrected chi connectivity index (χ4v) is 2.06. The van der Waals surface area contributed by atoms with Gasteiger partial charge in [0.2, 0.25) is 0 Å². The predicted octanol–water partition coefficient (Wildman–Crippen LogP) is 2.48. The van der Waals surface area contributed by atoms with Crippen LogP contribution in [-0.4, -0.2) is 21.3 Å². The van der Waals surface area contributed by atoms with E-state index in [0.717, 1.165) is 30.4 Å². The fraction of sp³-hybridized carbons (Fsp3) is 0.429. The lowest BCUT2D eigenvalue weighted by atomic mass is 10.2. The third kappa shape index (κ3) is 3.05. The third-order valence-electron chi connectivity index (χ3n) is 3.21. The maximum atomic E-state index is 4.49. The van der Waals surface area contributed by atoms with Crippen LogP contribution in [0, 0.1) is 13.8 Å². The molecule has 0 bridgehead atoms. The zero-order valence-electron chi connectivity index (χ0n) is 12.0. The van der Waals surface area contributed by atoms with E-state index in [-0.39, 0.29) is 0 Å². The van der Waals surface area contributed by atoms with Gasteiger partial charge >= 0.3 is 0 Å². The van der Waals surface area contributed by atoms with Gasteiger partial charge in [0, 0.05) is 31.4 Å². The quantitative estimate of drug-likeness (QED) is 0.866. The maximum Gasteiger partial charge on any atom is 0.128 e. The van der Waals surface area contributed by atoms with Gasteiger partial charge in [-0.2, -0.15) is 5.10 Å². The van der Waals surface area contributed by atoms with Gasteiger partial charge in [0.1, 0.15) is 11.6 Å². The summed E-state index contributed by atoms with van der Waals surface area (Å²) in [6.45, 7) is 7.79. The van der Waals surface area contributed by atoms with E-state index < -0.39 is 0 Å². The topological polar surface area (TPSA) is 54.8 Å². The van der Waals surface area contributed by atoms with Crippen LogP contribution >= 0.6 is 0 Å². The van der Waals surface area contributed by atoms with Gasteiger partial charge in [-0.1, -0.05) is 6.07 Å². The third-order valence-corrected chi connectivity index (χ3v) is 3.21. The average molecular weight is 259 g/mol. The molecule has 0 unspecified atom stereocenters. The first-order chi connectivity index (χ1) is 9.11. The number of pyridine rings is 1.